The van der Waals surface area contributed by atoms with Gasteiger partial charge in [0.25, 0.3) is 0 Å². The summed E-state index contributed by atoms with van der Waals surface area (Å²) in [7, 11) is 0. The Morgan fingerprint density at radius 2 is 0.818 bits per heavy atom. The fraction of sp³-hybridized carbons (Fsp3) is 0.375. The molecule has 0 atom stereocenters. The minimum Gasteiger partial charge on any atom is -0.358 e. The Labute approximate surface area is 128 Å². The van der Waals surface area contributed by atoms with Crippen molar-refractivity contribution in [1.29, 1.82) is 0 Å². The molecule has 0 spiro atoms. The molecule has 0 aliphatic heterocycles. The Kier molecular flexibility index (Phi) is 1370. The van der Waals surface area contributed by atoms with Crippen LogP contribution in [0.2, 0.25) is 0 Å². The molecule has 0 N–H and O–H groups in total. The molecule has 0 aromatic heterocycles. The topological polar surface area (TPSA) is 0 Å². The fourth-order valence-corrected chi connectivity index (χ4v) is 0. The van der Waals surface area contributed by atoms with Gasteiger partial charge in [-0.05, 0) is 0 Å². The van der Waals surface area contributed by atoms with E-state index in [1.807, 2.05) is 20.3 Å². The van der Waals surface area contributed by atoms with Crippen LogP contribution in [0, 0.1) is 36.1 Å². The van der Waals surface area contributed by atoms with E-state index in [4.69, 9.17) is 0 Å². The predicted octanol–water partition coefficient (Wildman–Crippen LogP) is 3.66. The summed E-state index contributed by atoms with van der Waals surface area (Å²) in [5, 5.41) is 0. The largest absolute Gasteiger partial charge is 2.00 e. The number of hydrogen-bond acceptors (Lipinski definition) is 0. The van der Waals surface area contributed by atoms with Crippen LogP contribution in [0.1, 0.15) is 21.3 Å². The van der Waals surface area contributed by atoms with Crippen molar-refractivity contribution in [3.63, 3.8) is 0 Å². The van der Waals surface area contributed by atoms with Gasteiger partial charge in [0, 0.05) is 32.7 Å². The predicted molar refractivity (Wildman–Crippen MR) is 48.0 cm³/mol. The average molecular weight is 443 g/mol. The molecular formula is C8H23VWY-. The van der Waals surface area contributed by atoms with Gasteiger partial charge in [-0.3, -0.25) is 0 Å². The summed E-state index contributed by atoms with van der Waals surface area (Å²) >= 11 is 0. The molecule has 0 bridgehead atoms. The van der Waals surface area contributed by atoms with E-state index in [0.29, 0.717) is 0 Å². The molecule has 0 rings (SSSR count). The normalized spacial score (nSPS) is 1.64. The second-order valence-corrected chi connectivity index (χ2v) is 0.577. The Balaban J connectivity index is -0.000000000714. The van der Waals surface area contributed by atoms with Crippen molar-refractivity contribution in [3.8, 4) is 0 Å². The van der Waals surface area contributed by atoms with Gasteiger partial charge >= 0.3 is 39.6 Å². The van der Waals surface area contributed by atoms with Crippen LogP contribution in [0.25, 0.3) is 0 Å². The maximum atomic E-state index is 2.00. The smallest absolute Gasteiger partial charge is 0.358 e. The molecule has 0 aliphatic rings. The van der Waals surface area contributed by atoms with Crippen molar-refractivity contribution in [2.75, 3.05) is 0 Å². The van der Waals surface area contributed by atoms with E-state index < -0.39 is 0 Å². The second kappa shape index (κ2) is 140. The van der Waals surface area contributed by atoms with Crippen molar-refractivity contribution in [2.24, 2.45) is 0 Å². The zero-order valence-corrected chi connectivity index (χ0v) is 15.2. The summed E-state index contributed by atoms with van der Waals surface area (Å²) in [6.45, 7) is 4.00. The monoisotopic (exact) mass is 443 g/mol. The van der Waals surface area contributed by atoms with Gasteiger partial charge < -0.3 is 36.1 Å². The molecule has 2 radical (unpaired) electrons. The molecule has 0 saturated heterocycles. The maximum absolute atomic E-state index is 2.00. The molecule has 3 heteroatoms. The van der Waals surface area contributed by atoms with Gasteiger partial charge in [0.05, 0.1) is 0 Å². The van der Waals surface area contributed by atoms with E-state index in [0.717, 1.165) is 0 Å². The van der Waals surface area contributed by atoms with E-state index in [1.165, 1.54) is 0 Å². The van der Waals surface area contributed by atoms with Crippen molar-refractivity contribution < 1.29 is 72.3 Å². The van der Waals surface area contributed by atoms with Gasteiger partial charge in [-0.2, -0.15) is 13.8 Å². The molecule has 0 aliphatic carbocycles. The standard InChI is InChI=1S/C3H7.CH4.4CH3.V.W.Y/c1-3-2;;;;;;;;/h3H,1-2H3;1H4;4*1H3;;;/q-1;;4*-1;2*+2;. The third-order valence-electron chi connectivity index (χ3n) is 0. The van der Waals surface area contributed by atoms with Gasteiger partial charge in [0.2, 0.25) is 0 Å². The van der Waals surface area contributed by atoms with Crippen LogP contribution >= 0.6 is 0 Å². The molecule has 0 saturated carbocycles. The zero-order chi connectivity index (χ0) is 2.71. The SMILES string of the molecule is C.C[CH-]C.[CH3-].[CH3-].[CH3-].[CH3-].[V+2].[W+2].[Y]. The molecule has 0 nitrogen and oxygen atoms in total. The first-order valence-electron chi connectivity index (χ1n) is 1.15. The molecular weight excluding hydrogens is 420 g/mol. The Morgan fingerprint density at radius 3 is 0.818 bits per heavy atom. The first-order valence-corrected chi connectivity index (χ1v) is 1.15. The summed E-state index contributed by atoms with van der Waals surface area (Å²) in [5.41, 5.74) is 0. The minimum atomic E-state index is 0. The van der Waals surface area contributed by atoms with E-state index in [2.05, 4.69) is 0 Å². The van der Waals surface area contributed by atoms with E-state index in [-0.39, 0.29) is 109 Å². The Hall–Kier alpha value is 2.38. The average Bonchev–Trinajstić information content (AvgIpc) is 0.918. The zero-order valence-electron chi connectivity index (χ0n) is 8.01. The first-order chi connectivity index (χ1) is 1.41. The van der Waals surface area contributed by atoms with Crippen LogP contribution in [0.5, 0.6) is 0 Å². The van der Waals surface area contributed by atoms with E-state index in [1.54, 1.807) is 0 Å². The van der Waals surface area contributed by atoms with Crippen LogP contribution < -0.4 is 0 Å². The van der Waals surface area contributed by atoms with Gasteiger partial charge in [-0.15, -0.1) is 0 Å². The molecule has 0 fully saturated rings. The fourth-order valence-electron chi connectivity index (χ4n) is 0. The summed E-state index contributed by atoms with van der Waals surface area (Å²) in [4.78, 5) is 0. The summed E-state index contributed by atoms with van der Waals surface area (Å²) in [5.74, 6) is 0. The quantitative estimate of drug-likeness (QED) is 0.502. The minimum absolute atomic E-state index is 0. The molecule has 0 aromatic rings. The van der Waals surface area contributed by atoms with Gasteiger partial charge in [0.1, 0.15) is 0 Å². The maximum Gasteiger partial charge on any atom is 2.00 e. The Bertz CT molecular complexity index is 14.1. The van der Waals surface area contributed by atoms with Crippen molar-refractivity contribution in [2.45, 2.75) is 21.3 Å². The molecule has 11 heavy (non-hydrogen) atoms. The number of rotatable bonds is 0. The summed E-state index contributed by atoms with van der Waals surface area (Å²) in [6, 6.07) is 0. The third-order valence-corrected chi connectivity index (χ3v) is 0. The number of hydrogen-bond donors (Lipinski definition) is 0. The summed E-state index contributed by atoms with van der Waals surface area (Å²) in [6.07, 6.45) is 2.00. The third kappa shape index (κ3) is 236. The van der Waals surface area contributed by atoms with Crippen molar-refractivity contribution in [3.05, 3.63) is 36.1 Å². The first kappa shape index (κ1) is 107. The molecule has 70 valence electrons. The molecule has 0 heterocycles. The van der Waals surface area contributed by atoms with Crippen LogP contribution in [0.4, 0.5) is 0 Å². The molecule has 0 amide bonds. The van der Waals surface area contributed by atoms with Gasteiger partial charge in [-0.25, -0.2) is 0 Å². The molecule has 0 aromatic carbocycles. The van der Waals surface area contributed by atoms with Crippen LogP contribution in [0.3, 0.4) is 0 Å². The van der Waals surface area contributed by atoms with Crippen LogP contribution in [-0.2, 0) is 72.3 Å². The summed E-state index contributed by atoms with van der Waals surface area (Å²) < 4.78 is 0. The van der Waals surface area contributed by atoms with E-state index >= 15 is 0 Å². The second-order valence-electron chi connectivity index (χ2n) is 0.577. The van der Waals surface area contributed by atoms with Crippen molar-refractivity contribution in [1.82, 2.24) is 0 Å². The van der Waals surface area contributed by atoms with Gasteiger partial charge in [0.15, 0.2) is 0 Å². The van der Waals surface area contributed by atoms with Crippen molar-refractivity contribution >= 4 is 0 Å². The van der Waals surface area contributed by atoms with Crippen LogP contribution in [0.15, 0.2) is 0 Å². The van der Waals surface area contributed by atoms with E-state index in [9.17, 15) is 0 Å². The van der Waals surface area contributed by atoms with Crippen LogP contribution in [-0.4, -0.2) is 0 Å². The molecule has 0 unspecified atom stereocenters. The van der Waals surface area contributed by atoms with Gasteiger partial charge in [-0.1, -0.05) is 7.43 Å². The Morgan fingerprint density at radius 1 is 0.818 bits per heavy atom.